The van der Waals surface area contributed by atoms with E-state index in [2.05, 4.69) is 43.9 Å². The number of hydrogen-bond donors (Lipinski definition) is 0. The van der Waals surface area contributed by atoms with E-state index in [-0.39, 0.29) is 0 Å². The van der Waals surface area contributed by atoms with E-state index >= 15 is 0 Å². The SMILES string of the molecule is CCCC1=CCCC(CCN(CC)CC)C=C1. The van der Waals surface area contributed by atoms with Gasteiger partial charge in [0.1, 0.15) is 0 Å². The first-order valence-electron chi connectivity index (χ1n) is 7.39. The van der Waals surface area contributed by atoms with E-state index in [9.17, 15) is 0 Å². The lowest BCUT2D eigenvalue weighted by Gasteiger charge is -2.20. The second kappa shape index (κ2) is 8.52. The minimum Gasteiger partial charge on any atom is -0.304 e. The van der Waals surface area contributed by atoms with Crippen molar-refractivity contribution in [2.24, 2.45) is 5.92 Å². The second-order valence-corrected chi connectivity index (χ2v) is 5.04. The number of rotatable bonds is 7. The van der Waals surface area contributed by atoms with E-state index in [1.54, 1.807) is 5.57 Å². The lowest BCUT2D eigenvalue weighted by Crippen LogP contribution is -2.25. The summed E-state index contributed by atoms with van der Waals surface area (Å²) in [6, 6.07) is 0. The molecule has 98 valence electrons. The molecule has 0 fully saturated rings. The third kappa shape index (κ3) is 5.54. The average Bonchev–Trinajstić information content (AvgIpc) is 2.57. The maximum absolute atomic E-state index is 2.53. The lowest BCUT2D eigenvalue weighted by atomic mass is 10.00. The standard InChI is InChI=1S/C16H29N/c1-4-8-15-9-7-10-16(12-11-15)13-14-17(5-2)6-3/h9,11-12,16H,4-8,10,13-14H2,1-3H3. The van der Waals surface area contributed by atoms with Gasteiger partial charge in [0.25, 0.3) is 0 Å². The normalized spacial score (nSPS) is 20.5. The third-order valence-corrected chi connectivity index (χ3v) is 3.78. The molecule has 17 heavy (non-hydrogen) atoms. The first-order valence-corrected chi connectivity index (χ1v) is 7.39. The Bertz CT molecular complexity index is 248. The zero-order valence-electron chi connectivity index (χ0n) is 11.9. The van der Waals surface area contributed by atoms with Crippen LogP contribution in [0.5, 0.6) is 0 Å². The molecular weight excluding hydrogens is 206 g/mol. The van der Waals surface area contributed by atoms with Crippen LogP contribution >= 0.6 is 0 Å². The second-order valence-electron chi connectivity index (χ2n) is 5.04. The van der Waals surface area contributed by atoms with Crippen LogP contribution in [0.2, 0.25) is 0 Å². The van der Waals surface area contributed by atoms with Crippen LogP contribution in [0.3, 0.4) is 0 Å². The highest BCUT2D eigenvalue weighted by atomic mass is 15.1. The molecular formula is C16H29N. The van der Waals surface area contributed by atoms with Crippen LogP contribution in [0.4, 0.5) is 0 Å². The first-order chi connectivity index (χ1) is 8.30. The van der Waals surface area contributed by atoms with Crippen LogP contribution in [0.25, 0.3) is 0 Å². The van der Waals surface area contributed by atoms with Crippen LogP contribution in [0, 0.1) is 5.92 Å². The van der Waals surface area contributed by atoms with Crippen LogP contribution < -0.4 is 0 Å². The Hall–Kier alpha value is -0.560. The van der Waals surface area contributed by atoms with E-state index < -0.39 is 0 Å². The largest absolute Gasteiger partial charge is 0.304 e. The molecule has 0 heterocycles. The Morgan fingerprint density at radius 3 is 2.65 bits per heavy atom. The van der Waals surface area contributed by atoms with Crippen molar-refractivity contribution < 1.29 is 0 Å². The van der Waals surface area contributed by atoms with Gasteiger partial charge < -0.3 is 4.90 Å². The zero-order valence-corrected chi connectivity index (χ0v) is 11.9. The Morgan fingerprint density at radius 1 is 1.24 bits per heavy atom. The van der Waals surface area contributed by atoms with E-state index in [0.717, 1.165) is 5.92 Å². The maximum Gasteiger partial charge on any atom is -0.00134 e. The Morgan fingerprint density at radius 2 is 2.00 bits per heavy atom. The summed E-state index contributed by atoms with van der Waals surface area (Å²) in [4.78, 5) is 2.53. The minimum absolute atomic E-state index is 0.793. The molecule has 0 aromatic rings. The number of allylic oxidation sites excluding steroid dienone is 4. The monoisotopic (exact) mass is 235 g/mol. The summed E-state index contributed by atoms with van der Waals surface area (Å²) < 4.78 is 0. The van der Waals surface area contributed by atoms with Crippen molar-refractivity contribution in [3.05, 3.63) is 23.8 Å². The molecule has 1 atom stereocenters. The highest BCUT2D eigenvalue weighted by molar-refractivity contribution is 5.21. The predicted molar refractivity (Wildman–Crippen MR) is 77.3 cm³/mol. The number of hydrogen-bond acceptors (Lipinski definition) is 1. The molecule has 0 aromatic carbocycles. The van der Waals surface area contributed by atoms with Crippen LogP contribution in [0.1, 0.15) is 52.9 Å². The molecule has 1 nitrogen and oxygen atoms in total. The molecule has 0 amide bonds. The van der Waals surface area contributed by atoms with Gasteiger partial charge in [0, 0.05) is 0 Å². The smallest absolute Gasteiger partial charge is 0.00134 e. The summed E-state index contributed by atoms with van der Waals surface area (Å²) >= 11 is 0. The van der Waals surface area contributed by atoms with Crippen LogP contribution in [0.15, 0.2) is 23.8 Å². The van der Waals surface area contributed by atoms with Gasteiger partial charge in [-0.15, -0.1) is 0 Å². The fourth-order valence-electron chi connectivity index (χ4n) is 2.51. The third-order valence-electron chi connectivity index (χ3n) is 3.78. The topological polar surface area (TPSA) is 3.24 Å². The van der Waals surface area contributed by atoms with Gasteiger partial charge in [-0.3, -0.25) is 0 Å². The van der Waals surface area contributed by atoms with Gasteiger partial charge in [-0.25, -0.2) is 0 Å². The van der Waals surface area contributed by atoms with Crippen molar-refractivity contribution in [2.75, 3.05) is 19.6 Å². The highest BCUT2D eigenvalue weighted by Gasteiger charge is 2.09. The molecule has 0 aliphatic heterocycles. The molecule has 0 spiro atoms. The molecule has 0 N–H and O–H groups in total. The van der Waals surface area contributed by atoms with Crippen LogP contribution in [-0.4, -0.2) is 24.5 Å². The van der Waals surface area contributed by atoms with Gasteiger partial charge in [0.05, 0.1) is 0 Å². The van der Waals surface area contributed by atoms with Gasteiger partial charge in [0.2, 0.25) is 0 Å². The van der Waals surface area contributed by atoms with Crippen molar-refractivity contribution in [1.82, 2.24) is 4.90 Å². The van der Waals surface area contributed by atoms with E-state index in [4.69, 9.17) is 0 Å². The maximum atomic E-state index is 2.53. The van der Waals surface area contributed by atoms with Crippen molar-refractivity contribution in [1.29, 1.82) is 0 Å². The van der Waals surface area contributed by atoms with Crippen molar-refractivity contribution in [3.63, 3.8) is 0 Å². The quantitative estimate of drug-likeness (QED) is 0.632. The van der Waals surface area contributed by atoms with Gasteiger partial charge >= 0.3 is 0 Å². The molecule has 0 saturated heterocycles. The van der Waals surface area contributed by atoms with Crippen molar-refractivity contribution >= 4 is 0 Å². The summed E-state index contributed by atoms with van der Waals surface area (Å²) in [6.07, 6.45) is 13.7. The zero-order chi connectivity index (χ0) is 12.5. The van der Waals surface area contributed by atoms with Gasteiger partial charge in [-0.2, -0.15) is 0 Å². The van der Waals surface area contributed by atoms with E-state index in [1.807, 2.05) is 0 Å². The number of nitrogens with zero attached hydrogens (tertiary/aromatic N) is 1. The minimum atomic E-state index is 0.793. The Kier molecular flexibility index (Phi) is 7.27. The molecule has 1 heteroatoms. The summed E-state index contributed by atoms with van der Waals surface area (Å²) in [6.45, 7) is 10.4. The summed E-state index contributed by atoms with van der Waals surface area (Å²) in [5, 5.41) is 0. The molecule has 1 rings (SSSR count). The summed E-state index contributed by atoms with van der Waals surface area (Å²) in [5.41, 5.74) is 1.55. The fourth-order valence-corrected chi connectivity index (χ4v) is 2.51. The molecule has 0 saturated carbocycles. The molecule has 0 bridgehead atoms. The fraction of sp³-hybridized carbons (Fsp3) is 0.750. The molecule has 1 aliphatic rings. The van der Waals surface area contributed by atoms with Crippen LogP contribution in [-0.2, 0) is 0 Å². The van der Waals surface area contributed by atoms with E-state index in [0.29, 0.717) is 0 Å². The Labute approximate surface area is 108 Å². The molecule has 1 aliphatic carbocycles. The molecule has 0 aromatic heterocycles. The van der Waals surface area contributed by atoms with Gasteiger partial charge in [-0.1, -0.05) is 51.0 Å². The predicted octanol–water partition coefficient (Wildman–Crippen LogP) is 4.41. The summed E-state index contributed by atoms with van der Waals surface area (Å²) in [5.74, 6) is 0.793. The summed E-state index contributed by atoms with van der Waals surface area (Å²) in [7, 11) is 0. The average molecular weight is 235 g/mol. The van der Waals surface area contributed by atoms with Gasteiger partial charge in [-0.05, 0) is 51.2 Å². The highest BCUT2D eigenvalue weighted by Crippen LogP contribution is 2.21. The Balaban J connectivity index is 2.35. The molecule has 1 unspecified atom stereocenters. The van der Waals surface area contributed by atoms with Gasteiger partial charge in [0.15, 0.2) is 0 Å². The molecule has 0 radical (unpaired) electrons. The first kappa shape index (κ1) is 14.5. The van der Waals surface area contributed by atoms with Crippen molar-refractivity contribution in [3.8, 4) is 0 Å². The van der Waals surface area contributed by atoms with E-state index in [1.165, 1.54) is 51.7 Å². The lowest BCUT2D eigenvalue weighted by molar-refractivity contribution is 0.283. The van der Waals surface area contributed by atoms with Crippen molar-refractivity contribution in [2.45, 2.75) is 52.9 Å².